The minimum atomic E-state index is -0.834. The normalized spacial score (nSPS) is 13.3. The van der Waals surface area contributed by atoms with Gasteiger partial charge in [0.2, 0.25) is 0 Å². The number of hydrogen-bond acceptors (Lipinski definition) is 6. The molecule has 0 aromatic rings. The van der Waals surface area contributed by atoms with Crippen molar-refractivity contribution in [3.05, 3.63) is 158 Å². The summed E-state index contributed by atoms with van der Waals surface area (Å²) < 4.78 is 16.7. The molecule has 0 heterocycles. The van der Waals surface area contributed by atoms with E-state index in [-0.39, 0.29) is 31.6 Å². The first-order valence-electron chi connectivity index (χ1n) is 28.0. The van der Waals surface area contributed by atoms with Gasteiger partial charge in [0.05, 0.1) is 0 Å². The van der Waals surface area contributed by atoms with Gasteiger partial charge in [-0.2, -0.15) is 0 Å². The van der Waals surface area contributed by atoms with E-state index in [1.54, 1.807) is 0 Å². The standard InChI is InChI=1S/C65H100O6/c1-4-7-10-13-16-19-21-23-24-25-26-27-28-29-30-31-32-33-34-35-36-37-38-39-40-42-43-46-49-52-55-58-64(67)70-61-62(60-69-63(66)57-54-51-48-45-18-15-12-9-6-3)71-65(68)59-56-53-50-47-44-41-22-20-17-14-11-8-5-2/h7-8,10-11,16-17,19-20,23-24,26-27,29-30,32-33,35-36,38-39,41-44,50,53,62H,4-6,9,12-15,18,21-22,25,28,31,34,37,40,45-49,51-52,54-61H2,1-3H3/b10-7-,11-8-,19-16-,20-17-,24-23-,27-26-,30-29-,33-32-,36-35-,39-38-,43-42-,44-41-,53-50-. The summed E-state index contributed by atoms with van der Waals surface area (Å²) in [4.78, 5) is 37.9. The summed E-state index contributed by atoms with van der Waals surface area (Å²) in [5.74, 6) is -1.05. The van der Waals surface area contributed by atoms with E-state index in [4.69, 9.17) is 14.2 Å². The van der Waals surface area contributed by atoms with Crippen LogP contribution in [-0.2, 0) is 28.6 Å². The zero-order valence-electron chi connectivity index (χ0n) is 45.2. The van der Waals surface area contributed by atoms with Crippen molar-refractivity contribution >= 4 is 17.9 Å². The van der Waals surface area contributed by atoms with Crippen LogP contribution >= 0.6 is 0 Å². The lowest BCUT2D eigenvalue weighted by Crippen LogP contribution is -2.30. The average molecular weight is 978 g/mol. The molecule has 71 heavy (non-hydrogen) atoms. The SMILES string of the molecule is CC/C=C\C/C=C\C/C=C\C/C=C\C/C=C\C/C=C\C/C=C\C/C=C\C/C=C\CCCCCC(=O)OCC(COC(=O)CCCCCCCCCCC)OC(=O)CC/C=C\C/C=C\C/C=C\C/C=C\CC. The van der Waals surface area contributed by atoms with Crippen LogP contribution < -0.4 is 0 Å². The molecule has 1 atom stereocenters. The van der Waals surface area contributed by atoms with Gasteiger partial charge >= 0.3 is 17.9 Å². The highest BCUT2D eigenvalue weighted by Gasteiger charge is 2.19. The molecular formula is C65H100O6. The Hall–Kier alpha value is -4.97. The van der Waals surface area contributed by atoms with Gasteiger partial charge in [0, 0.05) is 19.3 Å². The number of esters is 3. The summed E-state index contributed by atoms with van der Waals surface area (Å²) in [7, 11) is 0. The molecule has 6 heteroatoms. The van der Waals surface area contributed by atoms with Crippen LogP contribution in [0.1, 0.15) is 213 Å². The monoisotopic (exact) mass is 977 g/mol. The summed E-state index contributed by atoms with van der Waals surface area (Å²) in [6, 6.07) is 0. The highest BCUT2D eigenvalue weighted by molar-refractivity contribution is 5.71. The lowest BCUT2D eigenvalue weighted by Gasteiger charge is -2.18. The second-order valence-corrected chi connectivity index (χ2v) is 17.7. The van der Waals surface area contributed by atoms with Crippen LogP contribution in [-0.4, -0.2) is 37.2 Å². The van der Waals surface area contributed by atoms with E-state index >= 15 is 0 Å². The maximum Gasteiger partial charge on any atom is 0.306 e. The number of unbranched alkanes of at least 4 members (excludes halogenated alkanes) is 11. The first-order valence-corrected chi connectivity index (χ1v) is 28.0. The largest absolute Gasteiger partial charge is 0.462 e. The van der Waals surface area contributed by atoms with Crippen LogP contribution in [0.15, 0.2) is 158 Å². The molecule has 0 radical (unpaired) electrons. The van der Waals surface area contributed by atoms with E-state index in [0.717, 1.165) is 128 Å². The van der Waals surface area contributed by atoms with Crippen LogP contribution in [0.4, 0.5) is 0 Å². The van der Waals surface area contributed by atoms with E-state index in [2.05, 4.69) is 167 Å². The number of allylic oxidation sites excluding steroid dienone is 26. The van der Waals surface area contributed by atoms with Crippen molar-refractivity contribution in [2.45, 2.75) is 219 Å². The third-order valence-corrected chi connectivity index (χ3v) is 11.0. The van der Waals surface area contributed by atoms with E-state index in [1.165, 1.54) is 38.5 Å². The summed E-state index contributed by atoms with van der Waals surface area (Å²) in [6.07, 6.45) is 84.1. The van der Waals surface area contributed by atoms with Crippen molar-refractivity contribution in [2.75, 3.05) is 13.2 Å². The van der Waals surface area contributed by atoms with Crippen molar-refractivity contribution in [3.8, 4) is 0 Å². The number of carbonyl (C=O) groups is 3. The van der Waals surface area contributed by atoms with Crippen molar-refractivity contribution in [1.29, 1.82) is 0 Å². The first-order chi connectivity index (χ1) is 35.0. The molecule has 0 amide bonds. The number of rotatable bonds is 48. The van der Waals surface area contributed by atoms with Crippen molar-refractivity contribution in [3.63, 3.8) is 0 Å². The number of carbonyl (C=O) groups excluding carboxylic acids is 3. The van der Waals surface area contributed by atoms with Gasteiger partial charge in [0.1, 0.15) is 13.2 Å². The van der Waals surface area contributed by atoms with Gasteiger partial charge in [-0.05, 0) is 116 Å². The average Bonchev–Trinajstić information content (AvgIpc) is 3.37. The third kappa shape index (κ3) is 55.8. The van der Waals surface area contributed by atoms with Crippen molar-refractivity contribution in [1.82, 2.24) is 0 Å². The Labute approximate surface area is 435 Å². The molecular weight excluding hydrogens is 877 g/mol. The second-order valence-electron chi connectivity index (χ2n) is 17.7. The van der Waals surface area contributed by atoms with Crippen LogP contribution in [0.3, 0.4) is 0 Å². The molecule has 0 fully saturated rings. The Morgan fingerprint density at radius 1 is 0.296 bits per heavy atom. The third-order valence-electron chi connectivity index (χ3n) is 11.0. The zero-order chi connectivity index (χ0) is 51.4. The minimum Gasteiger partial charge on any atom is -0.462 e. The Morgan fingerprint density at radius 2 is 0.577 bits per heavy atom. The fourth-order valence-electron chi connectivity index (χ4n) is 6.92. The van der Waals surface area contributed by atoms with Gasteiger partial charge in [0.15, 0.2) is 6.10 Å². The number of hydrogen-bond donors (Lipinski definition) is 0. The fourth-order valence-corrected chi connectivity index (χ4v) is 6.92. The Morgan fingerprint density at radius 3 is 0.915 bits per heavy atom. The van der Waals surface area contributed by atoms with Gasteiger partial charge in [-0.15, -0.1) is 0 Å². The van der Waals surface area contributed by atoms with Gasteiger partial charge in [-0.3, -0.25) is 14.4 Å². The highest BCUT2D eigenvalue weighted by atomic mass is 16.6. The van der Waals surface area contributed by atoms with Gasteiger partial charge < -0.3 is 14.2 Å². The summed E-state index contributed by atoms with van der Waals surface area (Å²) >= 11 is 0. The summed E-state index contributed by atoms with van der Waals surface area (Å²) in [6.45, 7) is 6.27. The fraction of sp³-hybridized carbons (Fsp3) is 0.554. The Balaban J connectivity index is 4.36. The topological polar surface area (TPSA) is 78.9 Å². The zero-order valence-corrected chi connectivity index (χ0v) is 45.2. The molecule has 0 bridgehead atoms. The molecule has 0 N–H and O–H groups in total. The van der Waals surface area contributed by atoms with E-state index in [0.29, 0.717) is 19.3 Å². The lowest BCUT2D eigenvalue weighted by molar-refractivity contribution is -0.166. The van der Waals surface area contributed by atoms with Crippen LogP contribution in [0.5, 0.6) is 0 Å². The van der Waals surface area contributed by atoms with Crippen LogP contribution in [0, 0.1) is 0 Å². The van der Waals surface area contributed by atoms with Crippen LogP contribution in [0.25, 0.3) is 0 Å². The minimum absolute atomic E-state index is 0.122. The highest BCUT2D eigenvalue weighted by Crippen LogP contribution is 2.12. The molecule has 0 aliphatic carbocycles. The Bertz CT molecular complexity index is 1640. The van der Waals surface area contributed by atoms with E-state index < -0.39 is 12.1 Å². The molecule has 0 aliphatic heterocycles. The summed E-state index contributed by atoms with van der Waals surface area (Å²) in [5.41, 5.74) is 0. The van der Waals surface area contributed by atoms with Gasteiger partial charge in [0.25, 0.3) is 0 Å². The van der Waals surface area contributed by atoms with Crippen LogP contribution in [0.2, 0.25) is 0 Å². The van der Waals surface area contributed by atoms with Crippen molar-refractivity contribution < 1.29 is 28.6 Å². The van der Waals surface area contributed by atoms with Gasteiger partial charge in [-0.25, -0.2) is 0 Å². The molecule has 0 aromatic carbocycles. The predicted molar refractivity (Wildman–Crippen MR) is 306 cm³/mol. The molecule has 0 saturated heterocycles. The van der Waals surface area contributed by atoms with Gasteiger partial charge in [-0.1, -0.05) is 237 Å². The molecule has 1 unspecified atom stereocenters. The van der Waals surface area contributed by atoms with Crippen molar-refractivity contribution in [2.24, 2.45) is 0 Å². The molecule has 396 valence electrons. The predicted octanol–water partition coefficient (Wildman–Crippen LogP) is 19.0. The van der Waals surface area contributed by atoms with E-state index in [9.17, 15) is 14.4 Å². The maximum absolute atomic E-state index is 12.7. The smallest absolute Gasteiger partial charge is 0.306 e. The first kappa shape index (κ1) is 66.0. The maximum atomic E-state index is 12.7. The molecule has 0 spiro atoms. The molecule has 6 nitrogen and oxygen atoms in total. The summed E-state index contributed by atoms with van der Waals surface area (Å²) in [5, 5.41) is 0. The Kier molecular flexibility index (Phi) is 53.6. The molecule has 0 aromatic heterocycles. The molecule has 0 rings (SSSR count). The van der Waals surface area contributed by atoms with E-state index in [1.807, 2.05) is 12.2 Å². The quantitative estimate of drug-likeness (QED) is 0.0262. The lowest BCUT2D eigenvalue weighted by atomic mass is 10.1. The number of ether oxygens (including phenoxy) is 3. The molecule has 0 saturated carbocycles. The second kappa shape index (κ2) is 57.6. The molecule has 0 aliphatic rings.